The van der Waals surface area contributed by atoms with Crippen molar-refractivity contribution in [2.45, 2.75) is 0 Å². The summed E-state index contributed by atoms with van der Waals surface area (Å²) in [5.74, 6) is 0.292. The van der Waals surface area contributed by atoms with Crippen molar-refractivity contribution in [1.82, 2.24) is 9.97 Å². The summed E-state index contributed by atoms with van der Waals surface area (Å²) in [6.45, 7) is 0. The lowest BCUT2D eigenvalue weighted by atomic mass is 10.2. The third-order valence-corrected chi connectivity index (χ3v) is 2.37. The predicted octanol–water partition coefficient (Wildman–Crippen LogP) is 1.34. The minimum absolute atomic E-state index is 0.135. The van der Waals surface area contributed by atoms with Crippen LogP contribution < -0.4 is 10.6 Å². The highest BCUT2D eigenvalue weighted by Crippen LogP contribution is 2.14. The summed E-state index contributed by atoms with van der Waals surface area (Å²) in [7, 11) is 1.68. The Morgan fingerprint density at radius 2 is 2.12 bits per heavy atom. The van der Waals surface area contributed by atoms with E-state index in [0.29, 0.717) is 17.1 Å². The fraction of sp³-hybridized carbons (Fsp3) is 0.0833. The molecule has 2 heterocycles. The van der Waals surface area contributed by atoms with E-state index in [2.05, 4.69) is 9.97 Å². The van der Waals surface area contributed by atoms with Gasteiger partial charge in [-0.2, -0.15) is 0 Å². The van der Waals surface area contributed by atoms with Crippen molar-refractivity contribution in [3.63, 3.8) is 0 Å². The van der Waals surface area contributed by atoms with E-state index in [1.807, 2.05) is 0 Å². The molecular formula is C12H12N4O. The maximum absolute atomic E-state index is 12.1. The lowest BCUT2D eigenvalue weighted by molar-refractivity contribution is 0.0992. The van der Waals surface area contributed by atoms with Crippen molar-refractivity contribution in [3.05, 3.63) is 48.4 Å². The van der Waals surface area contributed by atoms with Gasteiger partial charge in [-0.3, -0.25) is 9.78 Å². The highest BCUT2D eigenvalue weighted by Gasteiger charge is 2.13. The van der Waals surface area contributed by atoms with Crippen LogP contribution in [0.5, 0.6) is 0 Å². The van der Waals surface area contributed by atoms with Crippen molar-refractivity contribution >= 4 is 17.4 Å². The van der Waals surface area contributed by atoms with Crippen LogP contribution in [0, 0.1) is 0 Å². The monoisotopic (exact) mass is 228 g/mol. The first-order valence-corrected chi connectivity index (χ1v) is 5.08. The van der Waals surface area contributed by atoms with E-state index in [4.69, 9.17) is 5.73 Å². The SMILES string of the molecule is CN(C(=O)c1cccnc1)c1ccc(N)nc1. The third kappa shape index (κ3) is 2.39. The van der Waals surface area contributed by atoms with Crippen LogP contribution in [0.1, 0.15) is 10.4 Å². The number of nitrogens with two attached hydrogens (primary N) is 1. The van der Waals surface area contributed by atoms with Crippen LogP contribution >= 0.6 is 0 Å². The molecule has 86 valence electrons. The Bertz CT molecular complexity index is 510. The normalized spacial score (nSPS) is 9.94. The molecule has 0 radical (unpaired) electrons. The van der Waals surface area contributed by atoms with Crippen LogP contribution in [-0.2, 0) is 0 Å². The molecule has 0 aliphatic rings. The predicted molar refractivity (Wildman–Crippen MR) is 65.6 cm³/mol. The van der Waals surface area contributed by atoms with Gasteiger partial charge in [0.2, 0.25) is 0 Å². The van der Waals surface area contributed by atoms with E-state index in [-0.39, 0.29) is 5.91 Å². The molecule has 0 atom stereocenters. The Labute approximate surface area is 98.9 Å². The number of carbonyl (C=O) groups is 1. The summed E-state index contributed by atoms with van der Waals surface area (Å²) < 4.78 is 0. The summed E-state index contributed by atoms with van der Waals surface area (Å²) in [6, 6.07) is 6.85. The van der Waals surface area contributed by atoms with Gasteiger partial charge in [0.25, 0.3) is 5.91 Å². The fourth-order valence-corrected chi connectivity index (χ4v) is 1.40. The second-order valence-corrected chi connectivity index (χ2v) is 3.55. The molecule has 17 heavy (non-hydrogen) atoms. The maximum atomic E-state index is 12.1. The molecule has 0 unspecified atom stereocenters. The summed E-state index contributed by atoms with van der Waals surface area (Å²) in [5.41, 5.74) is 6.71. The van der Waals surface area contributed by atoms with Gasteiger partial charge in [0.15, 0.2) is 0 Å². The van der Waals surface area contributed by atoms with Gasteiger partial charge in [-0.15, -0.1) is 0 Å². The molecule has 0 saturated carbocycles. The number of pyridine rings is 2. The molecule has 1 amide bonds. The zero-order valence-corrected chi connectivity index (χ0v) is 9.37. The van der Waals surface area contributed by atoms with Crippen molar-refractivity contribution < 1.29 is 4.79 Å². The number of nitrogen functional groups attached to an aromatic ring is 1. The topological polar surface area (TPSA) is 72.1 Å². The first kappa shape index (κ1) is 11.1. The Hall–Kier alpha value is -2.43. The quantitative estimate of drug-likeness (QED) is 0.841. The molecule has 5 heteroatoms. The minimum atomic E-state index is -0.135. The van der Waals surface area contributed by atoms with Crippen molar-refractivity contribution in [2.75, 3.05) is 17.7 Å². The zero-order valence-electron chi connectivity index (χ0n) is 9.37. The number of anilines is 2. The molecule has 0 aromatic carbocycles. The molecule has 2 N–H and O–H groups in total. The maximum Gasteiger partial charge on any atom is 0.259 e. The first-order valence-electron chi connectivity index (χ1n) is 5.08. The third-order valence-electron chi connectivity index (χ3n) is 2.37. The Morgan fingerprint density at radius 3 is 2.71 bits per heavy atom. The van der Waals surface area contributed by atoms with Gasteiger partial charge in [0.1, 0.15) is 5.82 Å². The average Bonchev–Trinajstić information content (AvgIpc) is 2.39. The smallest absolute Gasteiger partial charge is 0.259 e. The van der Waals surface area contributed by atoms with E-state index in [0.717, 1.165) is 0 Å². The van der Waals surface area contributed by atoms with Crippen LogP contribution in [0.2, 0.25) is 0 Å². The van der Waals surface area contributed by atoms with Gasteiger partial charge < -0.3 is 10.6 Å². The molecule has 0 fully saturated rings. The van der Waals surface area contributed by atoms with E-state index in [1.54, 1.807) is 43.7 Å². The van der Waals surface area contributed by atoms with Crippen LogP contribution in [0.3, 0.4) is 0 Å². The van der Waals surface area contributed by atoms with Crippen molar-refractivity contribution in [1.29, 1.82) is 0 Å². The number of rotatable bonds is 2. The van der Waals surface area contributed by atoms with E-state index >= 15 is 0 Å². The zero-order chi connectivity index (χ0) is 12.3. The largest absolute Gasteiger partial charge is 0.384 e. The number of hydrogen-bond acceptors (Lipinski definition) is 4. The summed E-state index contributed by atoms with van der Waals surface area (Å²) in [5, 5.41) is 0. The lowest BCUT2D eigenvalue weighted by Crippen LogP contribution is -2.26. The highest BCUT2D eigenvalue weighted by molar-refractivity contribution is 6.05. The van der Waals surface area contributed by atoms with Gasteiger partial charge in [-0.1, -0.05) is 0 Å². The van der Waals surface area contributed by atoms with Crippen LogP contribution in [0.15, 0.2) is 42.9 Å². The lowest BCUT2D eigenvalue weighted by Gasteiger charge is -2.16. The molecule has 2 aromatic heterocycles. The molecule has 0 aliphatic heterocycles. The number of hydrogen-bond donors (Lipinski definition) is 1. The Morgan fingerprint density at radius 1 is 1.29 bits per heavy atom. The van der Waals surface area contributed by atoms with Crippen molar-refractivity contribution in [3.8, 4) is 0 Å². The molecule has 5 nitrogen and oxygen atoms in total. The molecule has 2 rings (SSSR count). The molecular weight excluding hydrogens is 216 g/mol. The second-order valence-electron chi connectivity index (χ2n) is 3.55. The van der Waals surface area contributed by atoms with Gasteiger partial charge in [-0.05, 0) is 24.3 Å². The standard InChI is InChI=1S/C12H12N4O/c1-16(10-4-5-11(13)15-8-10)12(17)9-3-2-6-14-7-9/h2-8H,1H3,(H2,13,15). The summed E-state index contributed by atoms with van der Waals surface area (Å²) >= 11 is 0. The van der Waals surface area contributed by atoms with Gasteiger partial charge in [-0.25, -0.2) is 4.98 Å². The van der Waals surface area contributed by atoms with Crippen LogP contribution in [0.4, 0.5) is 11.5 Å². The van der Waals surface area contributed by atoms with E-state index in [9.17, 15) is 4.79 Å². The average molecular weight is 228 g/mol. The number of nitrogens with zero attached hydrogens (tertiary/aromatic N) is 3. The number of carbonyl (C=O) groups excluding carboxylic acids is 1. The fourth-order valence-electron chi connectivity index (χ4n) is 1.40. The summed E-state index contributed by atoms with van der Waals surface area (Å²) in [4.78, 5) is 21.4. The van der Waals surface area contributed by atoms with Crippen molar-refractivity contribution in [2.24, 2.45) is 0 Å². The molecule has 2 aromatic rings. The highest BCUT2D eigenvalue weighted by atomic mass is 16.2. The van der Waals surface area contributed by atoms with Crippen LogP contribution in [-0.4, -0.2) is 22.9 Å². The van der Waals surface area contributed by atoms with E-state index < -0.39 is 0 Å². The molecule has 0 bridgehead atoms. The van der Waals surface area contributed by atoms with Gasteiger partial charge in [0, 0.05) is 19.4 Å². The summed E-state index contributed by atoms with van der Waals surface area (Å²) in [6.07, 6.45) is 4.72. The molecule has 0 aliphatic carbocycles. The molecule has 0 spiro atoms. The number of aromatic nitrogens is 2. The van der Waals surface area contributed by atoms with Crippen LogP contribution in [0.25, 0.3) is 0 Å². The number of amides is 1. The Kier molecular flexibility index (Phi) is 3.00. The molecule has 0 saturated heterocycles. The Balaban J connectivity index is 2.23. The van der Waals surface area contributed by atoms with Gasteiger partial charge >= 0.3 is 0 Å². The van der Waals surface area contributed by atoms with E-state index in [1.165, 1.54) is 11.1 Å². The first-order chi connectivity index (χ1) is 8.18. The second kappa shape index (κ2) is 4.61. The minimum Gasteiger partial charge on any atom is -0.384 e. The van der Waals surface area contributed by atoms with Gasteiger partial charge in [0.05, 0.1) is 17.4 Å².